The normalized spacial score (nSPS) is 15.3. The van der Waals surface area contributed by atoms with E-state index in [1.165, 1.54) is 17.0 Å². The summed E-state index contributed by atoms with van der Waals surface area (Å²) in [6.07, 6.45) is 0. The minimum absolute atomic E-state index is 0.0649. The third-order valence-electron chi connectivity index (χ3n) is 4.42. The average molecular weight is 446 g/mol. The van der Waals surface area contributed by atoms with Crippen LogP contribution >= 0.6 is 11.6 Å². The summed E-state index contributed by atoms with van der Waals surface area (Å²) >= 11 is 5.84. The number of halogens is 3. The molecule has 154 valence electrons. The second-order valence-electron chi connectivity index (χ2n) is 6.19. The highest BCUT2D eigenvalue weighted by atomic mass is 35.5. The van der Waals surface area contributed by atoms with Crippen molar-refractivity contribution in [3.05, 3.63) is 68.7 Å². The fourth-order valence-corrected chi connectivity index (χ4v) is 4.60. The summed E-state index contributed by atoms with van der Waals surface area (Å²) in [6, 6.07) is 5.75. The first-order valence-electron chi connectivity index (χ1n) is 8.29. The summed E-state index contributed by atoms with van der Waals surface area (Å²) in [7, 11) is -4.23. The predicted molar refractivity (Wildman–Crippen MR) is 99.1 cm³/mol. The van der Waals surface area contributed by atoms with Crippen LogP contribution in [0.25, 0.3) is 0 Å². The van der Waals surface area contributed by atoms with Gasteiger partial charge in [0.2, 0.25) is 10.0 Å². The first kappa shape index (κ1) is 21.1. The van der Waals surface area contributed by atoms with Gasteiger partial charge in [0, 0.05) is 43.3 Å². The van der Waals surface area contributed by atoms with Gasteiger partial charge in [-0.3, -0.25) is 14.9 Å². The Hall–Kier alpha value is -2.63. The third-order valence-corrected chi connectivity index (χ3v) is 6.59. The Morgan fingerprint density at radius 3 is 2.31 bits per heavy atom. The molecule has 0 aromatic heterocycles. The Kier molecular flexibility index (Phi) is 5.82. The lowest BCUT2D eigenvalue weighted by Crippen LogP contribution is -2.50. The van der Waals surface area contributed by atoms with Crippen molar-refractivity contribution in [1.82, 2.24) is 9.21 Å². The molecule has 8 nitrogen and oxygen atoms in total. The Labute approximate surface area is 169 Å². The maximum absolute atomic E-state index is 13.9. The lowest BCUT2D eigenvalue weighted by atomic mass is 10.1. The van der Waals surface area contributed by atoms with Crippen LogP contribution in [0.4, 0.5) is 14.5 Å². The van der Waals surface area contributed by atoms with Crippen molar-refractivity contribution >= 4 is 33.2 Å². The van der Waals surface area contributed by atoms with Gasteiger partial charge in [0.15, 0.2) is 0 Å². The monoisotopic (exact) mass is 445 g/mol. The summed E-state index contributed by atoms with van der Waals surface area (Å²) in [5.74, 6) is -2.78. The summed E-state index contributed by atoms with van der Waals surface area (Å²) in [6.45, 7) is -0.437. The molecule has 1 fully saturated rings. The molecule has 0 N–H and O–H groups in total. The Morgan fingerprint density at radius 1 is 1.07 bits per heavy atom. The number of piperazine rings is 1. The number of carbonyl (C=O) groups is 1. The molecule has 1 amide bonds. The van der Waals surface area contributed by atoms with E-state index in [0.29, 0.717) is 6.07 Å². The van der Waals surface area contributed by atoms with E-state index in [9.17, 15) is 32.1 Å². The van der Waals surface area contributed by atoms with E-state index in [-0.39, 0.29) is 36.8 Å². The number of hydrogen-bond donors (Lipinski definition) is 0. The predicted octanol–water partition coefficient (Wildman–Crippen LogP) is 2.67. The van der Waals surface area contributed by atoms with Crippen molar-refractivity contribution in [1.29, 1.82) is 0 Å². The summed E-state index contributed by atoms with van der Waals surface area (Å²) in [5, 5.41) is 11.3. The van der Waals surface area contributed by atoms with E-state index in [4.69, 9.17) is 11.6 Å². The van der Waals surface area contributed by atoms with Crippen molar-refractivity contribution in [2.45, 2.75) is 4.90 Å². The van der Waals surface area contributed by atoms with Gasteiger partial charge in [0.1, 0.15) is 22.1 Å². The van der Waals surface area contributed by atoms with Crippen LogP contribution in [0.3, 0.4) is 0 Å². The third kappa shape index (κ3) is 4.21. The van der Waals surface area contributed by atoms with Crippen LogP contribution in [0.2, 0.25) is 5.02 Å². The Bertz CT molecular complexity index is 1090. The second-order valence-corrected chi connectivity index (χ2v) is 8.53. The standard InChI is InChI=1S/C17H14ClF2N3O5S/c18-11-1-3-15(23(25)26)13(9-11)17(24)21-5-7-22(8-6-21)29(27,28)16-4-2-12(19)10-14(16)20/h1-4,9-10H,5-8H2. The van der Waals surface area contributed by atoms with Crippen molar-refractivity contribution in [3.63, 3.8) is 0 Å². The molecule has 29 heavy (non-hydrogen) atoms. The smallest absolute Gasteiger partial charge is 0.282 e. The second kappa shape index (κ2) is 8.01. The molecule has 1 aliphatic heterocycles. The summed E-state index contributed by atoms with van der Waals surface area (Å²) < 4.78 is 53.1. The van der Waals surface area contributed by atoms with Crippen LogP contribution in [-0.4, -0.2) is 54.6 Å². The van der Waals surface area contributed by atoms with E-state index in [2.05, 4.69) is 0 Å². The molecule has 0 aliphatic carbocycles. The molecule has 0 unspecified atom stereocenters. The topological polar surface area (TPSA) is 101 Å². The van der Waals surface area contributed by atoms with Gasteiger partial charge in [-0.05, 0) is 24.3 Å². The van der Waals surface area contributed by atoms with E-state index >= 15 is 0 Å². The highest BCUT2D eigenvalue weighted by Gasteiger charge is 2.33. The highest BCUT2D eigenvalue weighted by Crippen LogP contribution is 2.26. The van der Waals surface area contributed by atoms with Gasteiger partial charge in [-0.15, -0.1) is 0 Å². The van der Waals surface area contributed by atoms with Crippen molar-refractivity contribution in [2.24, 2.45) is 0 Å². The summed E-state index contributed by atoms with van der Waals surface area (Å²) in [5.41, 5.74) is -0.619. The molecule has 1 heterocycles. The molecule has 0 bridgehead atoms. The fourth-order valence-electron chi connectivity index (χ4n) is 2.96. The molecule has 3 rings (SSSR count). The Balaban J connectivity index is 1.78. The number of hydrogen-bond acceptors (Lipinski definition) is 5. The van der Waals surface area contributed by atoms with Gasteiger partial charge >= 0.3 is 0 Å². The van der Waals surface area contributed by atoms with Crippen LogP contribution in [0, 0.1) is 21.7 Å². The van der Waals surface area contributed by atoms with Crippen molar-refractivity contribution < 1.29 is 26.9 Å². The molecule has 2 aromatic carbocycles. The molecule has 1 aliphatic rings. The maximum atomic E-state index is 13.9. The van der Waals surface area contributed by atoms with Crippen molar-refractivity contribution in [3.8, 4) is 0 Å². The molecule has 0 saturated carbocycles. The first-order chi connectivity index (χ1) is 13.6. The van der Waals surface area contributed by atoms with E-state index in [1.54, 1.807) is 0 Å². The first-order valence-corrected chi connectivity index (χ1v) is 10.1. The van der Waals surface area contributed by atoms with Crippen LogP contribution in [0.5, 0.6) is 0 Å². The number of rotatable bonds is 4. The molecule has 0 radical (unpaired) electrons. The van der Waals surface area contributed by atoms with Gasteiger partial charge in [0.05, 0.1) is 4.92 Å². The number of sulfonamides is 1. The molecule has 0 atom stereocenters. The SMILES string of the molecule is O=C(c1cc(Cl)ccc1[N+](=O)[O-])N1CCN(S(=O)(=O)c2ccc(F)cc2F)CC1. The molecular weight excluding hydrogens is 432 g/mol. The molecular formula is C17H14ClF2N3O5S. The molecule has 2 aromatic rings. The van der Waals surface area contributed by atoms with E-state index < -0.39 is 43.1 Å². The van der Waals surface area contributed by atoms with Crippen molar-refractivity contribution in [2.75, 3.05) is 26.2 Å². The van der Waals surface area contributed by atoms with E-state index in [1.807, 2.05) is 0 Å². The highest BCUT2D eigenvalue weighted by molar-refractivity contribution is 7.89. The van der Waals surface area contributed by atoms with Crippen LogP contribution < -0.4 is 0 Å². The zero-order valence-electron chi connectivity index (χ0n) is 14.7. The number of nitrogens with zero attached hydrogens (tertiary/aromatic N) is 3. The number of nitro groups is 1. The zero-order chi connectivity index (χ0) is 21.3. The molecule has 12 heteroatoms. The molecule has 1 saturated heterocycles. The average Bonchev–Trinajstić information content (AvgIpc) is 2.67. The quantitative estimate of drug-likeness (QED) is 0.532. The zero-order valence-corrected chi connectivity index (χ0v) is 16.3. The fraction of sp³-hybridized carbons (Fsp3) is 0.235. The van der Waals surface area contributed by atoms with Gasteiger partial charge in [-0.25, -0.2) is 17.2 Å². The maximum Gasteiger partial charge on any atom is 0.282 e. The minimum Gasteiger partial charge on any atom is -0.336 e. The van der Waals surface area contributed by atoms with Crippen LogP contribution in [-0.2, 0) is 10.0 Å². The summed E-state index contributed by atoms with van der Waals surface area (Å²) in [4.78, 5) is 23.7. The van der Waals surface area contributed by atoms with Gasteiger partial charge in [0.25, 0.3) is 11.6 Å². The van der Waals surface area contributed by atoms with Gasteiger partial charge in [-0.2, -0.15) is 4.31 Å². The number of nitro benzene ring substituents is 1. The number of amides is 1. The minimum atomic E-state index is -4.23. The Morgan fingerprint density at radius 2 is 1.72 bits per heavy atom. The van der Waals surface area contributed by atoms with Gasteiger partial charge in [-0.1, -0.05) is 11.6 Å². The lowest BCUT2D eigenvalue weighted by molar-refractivity contribution is -0.385. The number of benzene rings is 2. The van der Waals surface area contributed by atoms with Crippen LogP contribution in [0.1, 0.15) is 10.4 Å². The number of carbonyl (C=O) groups excluding carboxylic acids is 1. The van der Waals surface area contributed by atoms with E-state index in [0.717, 1.165) is 22.5 Å². The molecule has 0 spiro atoms. The van der Waals surface area contributed by atoms with Gasteiger partial charge < -0.3 is 4.90 Å². The largest absolute Gasteiger partial charge is 0.336 e. The lowest BCUT2D eigenvalue weighted by Gasteiger charge is -2.34. The van der Waals surface area contributed by atoms with Crippen LogP contribution in [0.15, 0.2) is 41.3 Å².